The molecule has 0 radical (unpaired) electrons. The van der Waals surface area contributed by atoms with Gasteiger partial charge in [-0.05, 0) is 24.0 Å². The molecule has 0 spiro atoms. The Morgan fingerprint density at radius 1 is 1.41 bits per heavy atom. The number of aliphatic carboxylic acids is 1. The van der Waals surface area contributed by atoms with Crippen molar-refractivity contribution < 1.29 is 14.7 Å². The molecule has 1 aliphatic heterocycles. The van der Waals surface area contributed by atoms with Crippen LogP contribution in [0.4, 0.5) is 0 Å². The number of carbonyl (C=O) groups is 2. The Morgan fingerprint density at radius 2 is 2.12 bits per heavy atom. The molecule has 1 saturated heterocycles. The van der Waals surface area contributed by atoms with Gasteiger partial charge in [0.2, 0.25) is 5.91 Å². The molecule has 2 N–H and O–H groups in total. The zero-order chi connectivity index (χ0) is 12.9. The molecule has 1 aliphatic rings. The van der Waals surface area contributed by atoms with Crippen molar-refractivity contribution in [3.05, 3.63) is 0 Å². The van der Waals surface area contributed by atoms with E-state index >= 15 is 0 Å². The van der Waals surface area contributed by atoms with Gasteiger partial charge in [-0.3, -0.25) is 9.59 Å². The molecule has 1 atom stereocenters. The van der Waals surface area contributed by atoms with Crippen LogP contribution >= 0.6 is 11.8 Å². The summed E-state index contributed by atoms with van der Waals surface area (Å²) in [6.45, 7) is 4.34. The van der Waals surface area contributed by atoms with E-state index < -0.39 is 11.4 Å². The number of thioether (sulfide) groups is 1. The third kappa shape index (κ3) is 5.96. The Balaban J connectivity index is 2.25. The van der Waals surface area contributed by atoms with Gasteiger partial charge in [0.25, 0.3) is 0 Å². The van der Waals surface area contributed by atoms with E-state index in [9.17, 15) is 9.59 Å². The highest BCUT2D eigenvalue weighted by Gasteiger charge is 2.25. The summed E-state index contributed by atoms with van der Waals surface area (Å²) in [7, 11) is 0. The average molecular weight is 259 g/mol. The fraction of sp³-hybridized carbons (Fsp3) is 0.833. The molecule has 0 aromatic carbocycles. The lowest BCUT2D eigenvalue weighted by Gasteiger charge is -2.22. The van der Waals surface area contributed by atoms with Crippen molar-refractivity contribution in [2.75, 3.05) is 12.3 Å². The van der Waals surface area contributed by atoms with Crippen LogP contribution in [0.2, 0.25) is 0 Å². The fourth-order valence-electron chi connectivity index (χ4n) is 2.00. The Kier molecular flexibility index (Phi) is 5.31. The van der Waals surface area contributed by atoms with E-state index in [1.807, 2.05) is 25.6 Å². The Hall–Kier alpha value is -0.710. The van der Waals surface area contributed by atoms with E-state index in [-0.39, 0.29) is 18.7 Å². The van der Waals surface area contributed by atoms with Crippen LogP contribution in [0.25, 0.3) is 0 Å². The third-order valence-corrected chi connectivity index (χ3v) is 4.22. The monoisotopic (exact) mass is 259 g/mol. The zero-order valence-corrected chi connectivity index (χ0v) is 11.3. The highest BCUT2D eigenvalue weighted by molar-refractivity contribution is 8.00. The Morgan fingerprint density at radius 3 is 2.65 bits per heavy atom. The van der Waals surface area contributed by atoms with Crippen molar-refractivity contribution >= 4 is 23.6 Å². The van der Waals surface area contributed by atoms with Gasteiger partial charge in [-0.2, -0.15) is 11.8 Å². The number of carboxylic acids is 1. The van der Waals surface area contributed by atoms with E-state index in [0.717, 1.165) is 0 Å². The minimum absolute atomic E-state index is 0.0264. The van der Waals surface area contributed by atoms with Crippen LogP contribution in [-0.2, 0) is 9.59 Å². The van der Waals surface area contributed by atoms with E-state index in [2.05, 4.69) is 5.32 Å². The maximum absolute atomic E-state index is 11.7. The van der Waals surface area contributed by atoms with E-state index in [1.54, 1.807) is 0 Å². The van der Waals surface area contributed by atoms with Crippen LogP contribution in [0, 0.1) is 5.41 Å². The first-order chi connectivity index (χ1) is 7.89. The lowest BCUT2D eigenvalue weighted by Crippen LogP contribution is -2.33. The average Bonchev–Trinajstić information content (AvgIpc) is 2.63. The second kappa shape index (κ2) is 6.28. The molecule has 0 aromatic heterocycles. The first kappa shape index (κ1) is 14.4. The molecular formula is C12H21NO3S. The van der Waals surface area contributed by atoms with Gasteiger partial charge in [-0.1, -0.05) is 13.8 Å². The van der Waals surface area contributed by atoms with Gasteiger partial charge < -0.3 is 10.4 Å². The van der Waals surface area contributed by atoms with Crippen molar-refractivity contribution in [3.63, 3.8) is 0 Å². The summed E-state index contributed by atoms with van der Waals surface area (Å²) in [5.74, 6) is 0.295. The molecule has 0 aliphatic carbocycles. The molecule has 1 heterocycles. The fourth-order valence-corrected chi connectivity index (χ4v) is 3.20. The highest BCUT2D eigenvalue weighted by Crippen LogP contribution is 2.26. The van der Waals surface area contributed by atoms with Crippen molar-refractivity contribution in [2.24, 2.45) is 5.41 Å². The van der Waals surface area contributed by atoms with Crippen LogP contribution in [0.1, 0.15) is 39.5 Å². The maximum Gasteiger partial charge on any atom is 0.303 e. The van der Waals surface area contributed by atoms with Gasteiger partial charge in [0, 0.05) is 18.2 Å². The summed E-state index contributed by atoms with van der Waals surface area (Å²) < 4.78 is 0. The van der Waals surface area contributed by atoms with Crippen molar-refractivity contribution in [2.45, 2.75) is 44.8 Å². The molecule has 1 rings (SSSR count). The number of amides is 1. The molecule has 1 unspecified atom stereocenters. The second-order valence-electron chi connectivity index (χ2n) is 5.35. The predicted molar refractivity (Wildman–Crippen MR) is 69.1 cm³/mol. The van der Waals surface area contributed by atoms with Crippen LogP contribution in [0.5, 0.6) is 0 Å². The summed E-state index contributed by atoms with van der Waals surface area (Å²) in [5, 5.41) is 12.2. The number of rotatable bonds is 6. The molecule has 5 heteroatoms. The molecule has 1 amide bonds. The van der Waals surface area contributed by atoms with Gasteiger partial charge in [0.15, 0.2) is 0 Å². The minimum atomic E-state index is -0.853. The predicted octanol–water partition coefficient (Wildman–Crippen LogP) is 1.89. The first-order valence-corrected chi connectivity index (χ1v) is 7.04. The number of nitrogens with one attached hydrogen (secondary N) is 1. The van der Waals surface area contributed by atoms with E-state index in [1.165, 1.54) is 18.6 Å². The zero-order valence-electron chi connectivity index (χ0n) is 10.5. The normalized spacial score (nSPS) is 20.2. The summed E-state index contributed by atoms with van der Waals surface area (Å²) >= 11 is 1.90. The molecule has 17 heavy (non-hydrogen) atoms. The smallest absolute Gasteiger partial charge is 0.303 e. The first-order valence-electron chi connectivity index (χ1n) is 5.99. The molecule has 0 saturated carbocycles. The van der Waals surface area contributed by atoms with Crippen molar-refractivity contribution in [1.29, 1.82) is 0 Å². The number of carbonyl (C=O) groups excluding carboxylic acids is 1. The Bertz CT molecular complexity index is 285. The quantitative estimate of drug-likeness (QED) is 0.764. The summed E-state index contributed by atoms with van der Waals surface area (Å²) in [4.78, 5) is 22.3. The molecule has 1 fully saturated rings. The minimum Gasteiger partial charge on any atom is -0.481 e. The van der Waals surface area contributed by atoms with Crippen LogP contribution in [0.3, 0.4) is 0 Å². The highest BCUT2D eigenvalue weighted by atomic mass is 32.2. The van der Waals surface area contributed by atoms with Crippen LogP contribution in [-0.4, -0.2) is 34.5 Å². The second-order valence-corrected chi connectivity index (χ2v) is 6.76. The van der Waals surface area contributed by atoms with Gasteiger partial charge in [-0.15, -0.1) is 0 Å². The largest absolute Gasteiger partial charge is 0.481 e. The lowest BCUT2D eigenvalue weighted by molar-refractivity contribution is -0.139. The summed E-state index contributed by atoms with van der Waals surface area (Å²) in [5.41, 5.74) is -0.473. The van der Waals surface area contributed by atoms with E-state index in [0.29, 0.717) is 11.8 Å². The number of hydrogen-bond donors (Lipinski definition) is 2. The van der Waals surface area contributed by atoms with Crippen molar-refractivity contribution in [1.82, 2.24) is 5.32 Å². The molecule has 4 nitrogen and oxygen atoms in total. The van der Waals surface area contributed by atoms with Gasteiger partial charge in [0.1, 0.15) is 0 Å². The summed E-state index contributed by atoms with van der Waals surface area (Å²) in [6.07, 6.45) is 2.70. The van der Waals surface area contributed by atoms with Gasteiger partial charge in [0.05, 0.1) is 6.42 Å². The topological polar surface area (TPSA) is 66.4 Å². The number of hydrogen-bond acceptors (Lipinski definition) is 3. The molecular weight excluding hydrogens is 238 g/mol. The number of carboxylic acid groups (broad SMARTS) is 1. The third-order valence-electron chi connectivity index (χ3n) is 2.82. The maximum atomic E-state index is 11.7. The van der Waals surface area contributed by atoms with Crippen LogP contribution in [0.15, 0.2) is 0 Å². The SMILES string of the molecule is CC(C)(CC(=O)O)CC(=O)NCC1CCCS1. The van der Waals surface area contributed by atoms with Gasteiger partial charge >= 0.3 is 5.97 Å². The Labute approximate surface area is 107 Å². The molecule has 0 aromatic rings. The molecule has 0 bridgehead atoms. The lowest BCUT2D eigenvalue weighted by atomic mass is 9.85. The van der Waals surface area contributed by atoms with Crippen molar-refractivity contribution in [3.8, 4) is 0 Å². The molecule has 98 valence electrons. The van der Waals surface area contributed by atoms with Gasteiger partial charge in [-0.25, -0.2) is 0 Å². The standard InChI is InChI=1S/C12H21NO3S/c1-12(2,7-11(15)16)6-10(14)13-8-9-4-3-5-17-9/h9H,3-8H2,1-2H3,(H,13,14)(H,15,16). The van der Waals surface area contributed by atoms with Crippen LogP contribution < -0.4 is 5.32 Å². The van der Waals surface area contributed by atoms with E-state index in [4.69, 9.17) is 5.11 Å². The summed E-state index contributed by atoms with van der Waals surface area (Å²) in [6, 6.07) is 0.